The third-order valence-electron chi connectivity index (χ3n) is 3.42. The van der Waals surface area contributed by atoms with Crippen LogP contribution in [0.4, 0.5) is 0 Å². The molecule has 4 nitrogen and oxygen atoms in total. The number of nitrogens with zero attached hydrogens (tertiary/aromatic N) is 1. The van der Waals surface area contributed by atoms with E-state index >= 15 is 0 Å². The third-order valence-corrected chi connectivity index (χ3v) is 3.42. The van der Waals surface area contributed by atoms with Crippen molar-refractivity contribution >= 4 is 16.9 Å². The van der Waals surface area contributed by atoms with Crippen LogP contribution in [0, 0.1) is 6.92 Å². The monoisotopic (exact) mass is 247 g/mol. The van der Waals surface area contributed by atoms with Crippen molar-refractivity contribution in [3.05, 3.63) is 29.5 Å². The maximum absolute atomic E-state index is 10.7. The molecule has 0 saturated heterocycles. The summed E-state index contributed by atoms with van der Waals surface area (Å²) in [5.41, 5.74) is 3.23. The number of benzene rings is 1. The highest BCUT2D eigenvalue weighted by molar-refractivity contribution is 5.91. The molecule has 2 aromatic rings. The number of carbonyl (C=O) groups is 1. The van der Waals surface area contributed by atoms with Crippen LogP contribution in [0.3, 0.4) is 0 Å². The van der Waals surface area contributed by atoms with E-state index in [2.05, 4.69) is 4.57 Å². The number of carboxylic acids is 1. The number of carboxylic acid groups (broad SMARTS) is 1. The van der Waals surface area contributed by atoms with E-state index in [0.717, 1.165) is 27.9 Å². The first kappa shape index (κ1) is 12.5. The van der Waals surface area contributed by atoms with Gasteiger partial charge in [-0.05, 0) is 31.0 Å². The maximum atomic E-state index is 10.7. The Morgan fingerprint density at radius 3 is 2.78 bits per heavy atom. The van der Waals surface area contributed by atoms with E-state index in [1.54, 1.807) is 7.11 Å². The molecular formula is C14H17NO3. The molecule has 1 aromatic heterocycles. The smallest absolute Gasteiger partial charge is 0.303 e. The molecule has 1 aromatic carbocycles. The first-order valence-electron chi connectivity index (χ1n) is 5.89. The van der Waals surface area contributed by atoms with Crippen molar-refractivity contribution in [1.82, 2.24) is 4.57 Å². The lowest BCUT2D eigenvalue weighted by atomic mass is 10.1. The van der Waals surface area contributed by atoms with E-state index < -0.39 is 5.97 Å². The minimum Gasteiger partial charge on any atom is -0.496 e. The summed E-state index contributed by atoms with van der Waals surface area (Å²) in [6.07, 6.45) is 0.664. The summed E-state index contributed by atoms with van der Waals surface area (Å²) < 4.78 is 7.46. The van der Waals surface area contributed by atoms with Crippen molar-refractivity contribution in [3.8, 4) is 5.75 Å². The first-order valence-corrected chi connectivity index (χ1v) is 5.89. The van der Waals surface area contributed by atoms with Gasteiger partial charge < -0.3 is 14.4 Å². The quantitative estimate of drug-likeness (QED) is 0.903. The Morgan fingerprint density at radius 1 is 1.44 bits per heavy atom. The molecule has 0 atom stereocenters. The van der Waals surface area contributed by atoms with Crippen LogP contribution in [-0.2, 0) is 18.3 Å². The zero-order valence-electron chi connectivity index (χ0n) is 10.9. The Kier molecular flexibility index (Phi) is 3.28. The molecule has 0 aliphatic heterocycles. The van der Waals surface area contributed by atoms with Gasteiger partial charge in [-0.1, -0.05) is 6.07 Å². The summed E-state index contributed by atoms with van der Waals surface area (Å²) in [5.74, 6) is 0.0258. The highest BCUT2D eigenvalue weighted by Crippen LogP contribution is 2.33. The second-order valence-corrected chi connectivity index (χ2v) is 4.37. The predicted octanol–water partition coefficient (Wildman–Crippen LogP) is 2.51. The Labute approximate surface area is 106 Å². The van der Waals surface area contributed by atoms with Crippen LogP contribution in [0.5, 0.6) is 5.75 Å². The minimum absolute atomic E-state index is 0.137. The van der Waals surface area contributed by atoms with Crippen molar-refractivity contribution in [2.75, 3.05) is 7.11 Å². The normalized spacial score (nSPS) is 10.8. The van der Waals surface area contributed by atoms with Crippen LogP contribution < -0.4 is 4.74 Å². The fraction of sp³-hybridized carbons (Fsp3) is 0.357. The molecule has 0 saturated carbocycles. The Bertz CT molecular complexity index is 599. The number of fused-ring (bicyclic) bond motifs is 1. The van der Waals surface area contributed by atoms with E-state index in [-0.39, 0.29) is 6.42 Å². The van der Waals surface area contributed by atoms with Gasteiger partial charge in [0.2, 0.25) is 0 Å². The third kappa shape index (κ3) is 1.94. The molecule has 0 aliphatic carbocycles. The molecule has 2 rings (SSSR count). The van der Waals surface area contributed by atoms with E-state index in [1.807, 2.05) is 32.2 Å². The Hall–Kier alpha value is -1.97. The van der Waals surface area contributed by atoms with Gasteiger partial charge >= 0.3 is 5.97 Å². The number of aromatic nitrogens is 1. The number of rotatable bonds is 4. The van der Waals surface area contributed by atoms with Gasteiger partial charge in [0.05, 0.1) is 12.6 Å². The highest BCUT2D eigenvalue weighted by Gasteiger charge is 2.16. The van der Waals surface area contributed by atoms with Gasteiger partial charge in [-0.3, -0.25) is 4.79 Å². The van der Waals surface area contributed by atoms with Crippen LogP contribution in [0.25, 0.3) is 10.9 Å². The minimum atomic E-state index is -0.777. The predicted molar refractivity (Wildman–Crippen MR) is 70.2 cm³/mol. The van der Waals surface area contributed by atoms with Gasteiger partial charge in [0.15, 0.2) is 0 Å². The van der Waals surface area contributed by atoms with Gasteiger partial charge in [0.1, 0.15) is 5.75 Å². The molecule has 4 heteroatoms. The second-order valence-electron chi connectivity index (χ2n) is 4.37. The van der Waals surface area contributed by atoms with E-state index in [9.17, 15) is 4.79 Å². The Balaban J connectivity index is 2.62. The van der Waals surface area contributed by atoms with Crippen LogP contribution >= 0.6 is 0 Å². The highest BCUT2D eigenvalue weighted by atomic mass is 16.5. The molecule has 0 unspecified atom stereocenters. The molecule has 18 heavy (non-hydrogen) atoms. The van der Waals surface area contributed by atoms with Gasteiger partial charge in [0.25, 0.3) is 0 Å². The van der Waals surface area contributed by atoms with Crippen molar-refractivity contribution in [3.63, 3.8) is 0 Å². The number of methoxy groups -OCH3 is 1. The number of aryl methyl sites for hydroxylation is 2. The largest absolute Gasteiger partial charge is 0.496 e. The topological polar surface area (TPSA) is 51.5 Å². The van der Waals surface area contributed by atoms with Gasteiger partial charge in [0, 0.05) is 24.5 Å². The zero-order chi connectivity index (χ0) is 13.3. The summed E-state index contributed by atoms with van der Waals surface area (Å²) in [6.45, 7) is 2.01. The molecule has 1 heterocycles. The van der Waals surface area contributed by atoms with E-state index in [4.69, 9.17) is 9.84 Å². The number of hydrogen-bond donors (Lipinski definition) is 1. The molecule has 0 fully saturated rings. The molecule has 0 spiro atoms. The van der Waals surface area contributed by atoms with Crippen LogP contribution in [0.15, 0.2) is 18.2 Å². The maximum Gasteiger partial charge on any atom is 0.303 e. The molecule has 0 bridgehead atoms. The van der Waals surface area contributed by atoms with Crippen molar-refractivity contribution in [2.45, 2.75) is 19.8 Å². The van der Waals surface area contributed by atoms with E-state index in [0.29, 0.717) is 6.42 Å². The SMILES string of the molecule is COc1cccc2c1c(CCC(=O)O)c(C)n2C. The van der Waals surface area contributed by atoms with Crippen LogP contribution in [0.1, 0.15) is 17.7 Å². The molecule has 1 N–H and O–H groups in total. The standard InChI is InChI=1S/C14H17NO3/c1-9-10(7-8-13(16)17)14-11(15(9)2)5-4-6-12(14)18-3/h4-6H,7-8H2,1-3H3,(H,16,17). The van der Waals surface area contributed by atoms with Crippen molar-refractivity contribution in [1.29, 1.82) is 0 Å². The summed E-state index contributed by atoms with van der Waals surface area (Å²) >= 11 is 0. The van der Waals surface area contributed by atoms with Crippen LogP contribution in [-0.4, -0.2) is 22.8 Å². The summed E-state index contributed by atoms with van der Waals surface area (Å²) in [4.78, 5) is 10.7. The van der Waals surface area contributed by atoms with Crippen LogP contribution in [0.2, 0.25) is 0 Å². The number of ether oxygens (including phenoxy) is 1. The zero-order valence-corrected chi connectivity index (χ0v) is 10.9. The lowest BCUT2D eigenvalue weighted by Crippen LogP contribution is -1.99. The lowest BCUT2D eigenvalue weighted by molar-refractivity contribution is -0.136. The number of hydrogen-bond acceptors (Lipinski definition) is 2. The second kappa shape index (κ2) is 4.72. The molecule has 0 aliphatic rings. The lowest BCUT2D eigenvalue weighted by Gasteiger charge is -2.04. The fourth-order valence-corrected chi connectivity index (χ4v) is 2.37. The molecular weight excluding hydrogens is 230 g/mol. The summed E-state index contributed by atoms with van der Waals surface area (Å²) in [5, 5.41) is 9.86. The van der Waals surface area contributed by atoms with Crippen molar-refractivity contribution < 1.29 is 14.6 Å². The summed E-state index contributed by atoms with van der Waals surface area (Å²) in [7, 11) is 3.62. The van der Waals surface area contributed by atoms with Crippen molar-refractivity contribution in [2.24, 2.45) is 7.05 Å². The van der Waals surface area contributed by atoms with Gasteiger partial charge in [-0.25, -0.2) is 0 Å². The van der Waals surface area contributed by atoms with Gasteiger partial charge in [-0.2, -0.15) is 0 Å². The molecule has 0 radical (unpaired) electrons. The average molecular weight is 247 g/mol. The fourth-order valence-electron chi connectivity index (χ4n) is 2.37. The molecule has 0 amide bonds. The van der Waals surface area contributed by atoms with E-state index in [1.165, 1.54) is 0 Å². The van der Waals surface area contributed by atoms with Gasteiger partial charge in [-0.15, -0.1) is 0 Å². The molecule has 96 valence electrons. The first-order chi connectivity index (χ1) is 8.56. The summed E-state index contributed by atoms with van der Waals surface area (Å²) in [6, 6.07) is 5.88. The number of aliphatic carboxylic acids is 1. The Morgan fingerprint density at radius 2 is 2.17 bits per heavy atom. The average Bonchev–Trinajstić information content (AvgIpc) is 2.60.